The average molecular weight is 414 g/mol. The zero-order valence-electron chi connectivity index (χ0n) is 15.8. The number of aryl methyl sites for hydroxylation is 1. The summed E-state index contributed by atoms with van der Waals surface area (Å²) >= 11 is 5.95. The molecule has 1 heterocycles. The number of carbonyl (C=O) groups is 1. The molecule has 3 rings (SSSR count). The van der Waals surface area contributed by atoms with Crippen LogP contribution in [-0.4, -0.2) is 32.9 Å². The van der Waals surface area contributed by atoms with Gasteiger partial charge in [-0.05, 0) is 24.1 Å². The van der Waals surface area contributed by atoms with Crippen LogP contribution in [0.5, 0.6) is 0 Å². The molecule has 150 valence electrons. The van der Waals surface area contributed by atoms with Crippen LogP contribution < -0.4 is 17.0 Å². The Balaban J connectivity index is 1.72. The largest absolute Gasteiger partial charge is 0.387 e. The second kappa shape index (κ2) is 8.83. The highest BCUT2D eigenvalue weighted by Crippen LogP contribution is 2.16. The van der Waals surface area contributed by atoms with Gasteiger partial charge in [-0.15, -0.1) is 11.6 Å². The van der Waals surface area contributed by atoms with Gasteiger partial charge in [0.1, 0.15) is 5.84 Å². The van der Waals surface area contributed by atoms with Crippen molar-refractivity contribution in [2.24, 2.45) is 22.8 Å². The van der Waals surface area contributed by atoms with E-state index in [0.717, 1.165) is 5.70 Å². The smallest absolute Gasteiger partial charge is 0.328 e. The molecule has 2 aromatic rings. The third-order valence-electron chi connectivity index (χ3n) is 4.42. The monoisotopic (exact) mass is 413 g/mol. The summed E-state index contributed by atoms with van der Waals surface area (Å²) in [7, 11) is 1.55. The van der Waals surface area contributed by atoms with Crippen LogP contribution in [0.15, 0.2) is 61.7 Å². The van der Waals surface area contributed by atoms with E-state index < -0.39 is 17.2 Å². The van der Waals surface area contributed by atoms with Gasteiger partial charge in [0.15, 0.2) is 0 Å². The van der Waals surface area contributed by atoms with Gasteiger partial charge in [-0.2, -0.15) is 0 Å². The highest BCUT2D eigenvalue weighted by Gasteiger charge is 2.12. The number of aromatic nitrogens is 2. The van der Waals surface area contributed by atoms with Gasteiger partial charge in [0.25, 0.3) is 11.5 Å². The number of H-pyrrole nitrogens is 1. The minimum atomic E-state index is -0.538. The Hall–Kier alpha value is -3.26. The second-order valence-electron chi connectivity index (χ2n) is 6.56. The van der Waals surface area contributed by atoms with Gasteiger partial charge >= 0.3 is 5.69 Å². The number of allylic oxidation sites excluding steroid dienone is 3. The number of amides is 1. The predicted octanol–water partition coefficient (Wildman–Crippen LogP) is 1.57. The van der Waals surface area contributed by atoms with E-state index in [-0.39, 0.29) is 29.4 Å². The van der Waals surface area contributed by atoms with E-state index in [1.807, 2.05) is 18.2 Å². The molecule has 0 aliphatic heterocycles. The number of nitrogens with two attached hydrogens (primary N) is 1. The van der Waals surface area contributed by atoms with Crippen molar-refractivity contribution in [2.45, 2.75) is 24.6 Å². The van der Waals surface area contributed by atoms with Crippen molar-refractivity contribution >= 4 is 40.5 Å². The van der Waals surface area contributed by atoms with E-state index in [9.17, 15) is 14.4 Å². The third-order valence-corrected chi connectivity index (χ3v) is 4.74. The fraction of sp³-hybridized carbons (Fsp3) is 0.250. The number of nitrogens with zero attached hydrogens (tertiary/aromatic N) is 3. The first-order valence-corrected chi connectivity index (χ1v) is 9.40. The molecule has 0 spiro atoms. The van der Waals surface area contributed by atoms with Crippen LogP contribution >= 0.6 is 11.6 Å². The summed E-state index contributed by atoms with van der Waals surface area (Å²) < 4.78 is 1.32. The molecule has 0 radical (unpaired) electrons. The van der Waals surface area contributed by atoms with Crippen molar-refractivity contribution in [1.29, 1.82) is 0 Å². The van der Waals surface area contributed by atoms with Gasteiger partial charge in [0.05, 0.1) is 28.4 Å². The molecule has 0 saturated heterocycles. The Morgan fingerprint density at radius 2 is 2.21 bits per heavy atom. The highest BCUT2D eigenvalue weighted by molar-refractivity contribution is 6.22. The molecule has 0 saturated carbocycles. The molecule has 0 bridgehead atoms. The van der Waals surface area contributed by atoms with Crippen molar-refractivity contribution in [1.82, 2.24) is 9.55 Å². The number of amidine groups is 1. The maximum atomic E-state index is 12.3. The number of hydrogen-bond acceptors (Lipinski definition) is 4. The van der Waals surface area contributed by atoms with Crippen molar-refractivity contribution in [2.75, 3.05) is 0 Å². The Kier molecular flexibility index (Phi) is 6.23. The Labute approximate surface area is 171 Å². The summed E-state index contributed by atoms with van der Waals surface area (Å²) in [5.74, 6) is -0.366. The molecule has 1 aliphatic rings. The topological polar surface area (TPSA) is 123 Å². The first-order valence-electron chi connectivity index (χ1n) is 8.97. The molecule has 1 aliphatic carbocycles. The maximum Gasteiger partial charge on any atom is 0.328 e. The third kappa shape index (κ3) is 4.97. The fourth-order valence-electron chi connectivity index (χ4n) is 2.96. The summed E-state index contributed by atoms with van der Waals surface area (Å²) in [6, 6.07) is 4.98. The average Bonchev–Trinajstić information content (AvgIpc) is 2.67. The van der Waals surface area contributed by atoms with E-state index in [0.29, 0.717) is 17.5 Å². The van der Waals surface area contributed by atoms with E-state index >= 15 is 0 Å². The second-order valence-corrected chi connectivity index (χ2v) is 7.12. The number of alkyl halides is 1. The number of nitrogens with one attached hydrogen (secondary N) is 1. The lowest BCUT2D eigenvalue weighted by Gasteiger charge is -2.07. The van der Waals surface area contributed by atoms with E-state index in [1.165, 1.54) is 4.57 Å². The van der Waals surface area contributed by atoms with Crippen LogP contribution in [-0.2, 0) is 18.3 Å². The molecule has 1 aromatic carbocycles. The summed E-state index contributed by atoms with van der Waals surface area (Å²) in [4.78, 5) is 46.6. The van der Waals surface area contributed by atoms with Crippen molar-refractivity contribution in [3.8, 4) is 0 Å². The fourth-order valence-corrected chi connectivity index (χ4v) is 3.12. The molecular formula is C20H20ClN5O3. The number of hydrogen-bond donors (Lipinski definition) is 2. The van der Waals surface area contributed by atoms with Gasteiger partial charge in [-0.3, -0.25) is 24.1 Å². The van der Waals surface area contributed by atoms with E-state index in [2.05, 4.69) is 15.0 Å². The van der Waals surface area contributed by atoms with E-state index in [4.69, 9.17) is 17.3 Å². The first kappa shape index (κ1) is 20.5. The van der Waals surface area contributed by atoms with Crippen LogP contribution in [0, 0.1) is 0 Å². The van der Waals surface area contributed by atoms with Gasteiger partial charge < -0.3 is 5.73 Å². The number of fused-ring (bicyclic) bond motifs is 1. The van der Waals surface area contributed by atoms with Crippen LogP contribution in [0.1, 0.15) is 18.4 Å². The van der Waals surface area contributed by atoms with Crippen LogP contribution in [0.4, 0.5) is 0 Å². The number of halogens is 1. The van der Waals surface area contributed by atoms with Crippen molar-refractivity contribution < 1.29 is 4.79 Å². The van der Waals surface area contributed by atoms with E-state index in [1.54, 1.807) is 31.5 Å². The Bertz CT molecular complexity index is 1190. The molecule has 1 amide bonds. The predicted molar refractivity (Wildman–Crippen MR) is 115 cm³/mol. The van der Waals surface area contributed by atoms with Gasteiger partial charge in [-0.25, -0.2) is 9.79 Å². The lowest BCUT2D eigenvalue weighted by atomic mass is 10.1. The molecule has 1 atom stereocenters. The molecule has 29 heavy (non-hydrogen) atoms. The number of rotatable bonds is 5. The zero-order valence-corrected chi connectivity index (χ0v) is 16.5. The Morgan fingerprint density at radius 3 is 2.93 bits per heavy atom. The molecule has 0 fully saturated rings. The van der Waals surface area contributed by atoms with Gasteiger partial charge in [0, 0.05) is 19.7 Å². The van der Waals surface area contributed by atoms with Crippen LogP contribution in [0.25, 0.3) is 10.9 Å². The number of aliphatic imine (C=N–C) groups is 2. The standard InChI is InChI=1S/C20H20ClN5O3/c1-26-15-4-2-3-12(18(15)19(28)25-20(26)29)11-17(27)24-16(22)9-10-23-14-7-5-13(21)6-8-14/h2-5,7-8,10,13H,6,9,11H2,1H3,(H2,22,24,27)(H,25,28,29). The summed E-state index contributed by atoms with van der Waals surface area (Å²) in [5.41, 5.74) is 6.46. The summed E-state index contributed by atoms with van der Waals surface area (Å²) in [6.45, 7) is 0. The minimum absolute atomic E-state index is 0.0121. The van der Waals surface area contributed by atoms with Crippen LogP contribution in [0.2, 0.25) is 0 Å². The number of benzene rings is 1. The lowest BCUT2D eigenvalue weighted by molar-refractivity contribution is -0.117. The Morgan fingerprint density at radius 1 is 1.41 bits per heavy atom. The molecule has 1 aromatic heterocycles. The minimum Gasteiger partial charge on any atom is -0.387 e. The first-order chi connectivity index (χ1) is 13.8. The lowest BCUT2D eigenvalue weighted by Crippen LogP contribution is -2.29. The summed E-state index contributed by atoms with van der Waals surface area (Å²) in [6.07, 6.45) is 7.99. The number of carbonyl (C=O) groups excluding carboxylic acids is 1. The van der Waals surface area contributed by atoms with Crippen molar-refractivity contribution in [3.05, 3.63) is 68.5 Å². The molecule has 1 unspecified atom stereocenters. The molecule has 8 nitrogen and oxygen atoms in total. The zero-order chi connectivity index (χ0) is 21.0. The SMILES string of the molecule is Cn1c(=O)[nH]c(=O)c2c(CC(=O)N=C(N)CC=NC3=CCC(Cl)C=C3)cccc21. The summed E-state index contributed by atoms with van der Waals surface area (Å²) in [5, 5.41) is 0.272. The van der Waals surface area contributed by atoms with Gasteiger partial charge in [-0.1, -0.05) is 24.3 Å². The maximum absolute atomic E-state index is 12.3. The highest BCUT2D eigenvalue weighted by atomic mass is 35.5. The quantitative estimate of drug-likeness (QED) is 0.438. The van der Waals surface area contributed by atoms with Gasteiger partial charge in [0.2, 0.25) is 0 Å². The van der Waals surface area contributed by atoms with Crippen molar-refractivity contribution in [3.63, 3.8) is 0 Å². The number of aromatic amines is 1. The molecule has 9 heteroatoms. The normalized spacial score (nSPS) is 17.1. The molecule has 3 N–H and O–H groups in total. The van der Waals surface area contributed by atoms with Crippen LogP contribution in [0.3, 0.4) is 0 Å². The molecular weight excluding hydrogens is 394 g/mol.